The summed E-state index contributed by atoms with van der Waals surface area (Å²) in [6.45, 7) is 18.0. The first-order valence-electron chi connectivity index (χ1n) is 16.0. The molecule has 45 heavy (non-hydrogen) atoms. The molecule has 0 saturated carbocycles. The highest BCUT2D eigenvalue weighted by molar-refractivity contribution is 8.02. The van der Waals surface area contributed by atoms with Gasteiger partial charge in [-0.15, -0.1) is 24.9 Å². The lowest BCUT2D eigenvalue weighted by Crippen LogP contribution is -2.59. The Morgan fingerprint density at radius 2 is 1.53 bits per heavy atom. The maximum atomic E-state index is 14.9. The third-order valence-corrected chi connectivity index (χ3v) is 12.0. The number of rotatable bonds is 13. The molecular formula is C36H46N4O4S. The number of nitrogens with zero attached hydrogens (tertiary/aromatic N) is 4. The number of likely N-dealkylation sites (tertiary alicyclic amines) is 1. The van der Waals surface area contributed by atoms with Crippen molar-refractivity contribution in [3.63, 3.8) is 0 Å². The van der Waals surface area contributed by atoms with E-state index in [0.29, 0.717) is 6.54 Å². The number of hydrogen-bond acceptors (Lipinski definition) is 6. The summed E-state index contributed by atoms with van der Waals surface area (Å²) in [5, 5.41) is 10.2. The minimum Gasteiger partial charge on any atom is -0.394 e. The maximum absolute atomic E-state index is 14.9. The molecule has 3 unspecified atom stereocenters. The zero-order valence-electron chi connectivity index (χ0n) is 26.8. The topological polar surface area (TPSA) is 84.4 Å². The van der Waals surface area contributed by atoms with Gasteiger partial charge in [0.25, 0.3) is 5.91 Å². The van der Waals surface area contributed by atoms with Crippen molar-refractivity contribution >= 4 is 46.5 Å². The van der Waals surface area contributed by atoms with Gasteiger partial charge in [-0.1, -0.05) is 37.3 Å². The Balaban J connectivity index is 1.57. The zero-order valence-corrected chi connectivity index (χ0v) is 27.7. The third kappa shape index (κ3) is 5.37. The van der Waals surface area contributed by atoms with Crippen molar-refractivity contribution in [3.8, 4) is 0 Å². The number of fused-ring (bicyclic) bond motifs is 1. The largest absolute Gasteiger partial charge is 0.394 e. The fraction of sp³-hybridized carbons (Fsp3) is 0.472. The minimum absolute atomic E-state index is 0.00976. The molecule has 3 aliphatic rings. The van der Waals surface area contributed by atoms with E-state index in [1.165, 1.54) is 0 Å². The molecule has 9 heteroatoms. The Labute approximate surface area is 271 Å². The fourth-order valence-electron chi connectivity index (χ4n) is 7.85. The second-order valence-corrected chi connectivity index (χ2v) is 13.9. The summed E-state index contributed by atoms with van der Waals surface area (Å²) in [7, 11) is 0. The molecule has 3 heterocycles. The molecule has 0 aliphatic carbocycles. The summed E-state index contributed by atoms with van der Waals surface area (Å²) in [4.78, 5) is 51.2. The number of aliphatic hydroxyl groups is 1. The van der Waals surface area contributed by atoms with Gasteiger partial charge in [0.1, 0.15) is 6.04 Å². The lowest BCUT2D eigenvalue weighted by Gasteiger charge is -2.42. The quantitative estimate of drug-likeness (QED) is 0.314. The monoisotopic (exact) mass is 630 g/mol. The predicted molar refractivity (Wildman–Crippen MR) is 184 cm³/mol. The highest BCUT2D eigenvalue weighted by Crippen LogP contribution is 2.69. The van der Waals surface area contributed by atoms with Gasteiger partial charge in [-0.25, -0.2) is 0 Å². The molecule has 2 aromatic carbocycles. The molecule has 1 spiro atoms. The third-order valence-electron chi connectivity index (χ3n) is 9.95. The van der Waals surface area contributed by atoms with Gasteiger partial charge in [0, 0.05) is 48.5 Å². The molecular weight excluding hydrogens is 584 g/mol. The Hall–Kier alpha value is -3.56. The number of benzene rings is 2. The van der Waals surface area contributed by atoms with Crippen molar-refractivity contribution in [1.29, 1.82) is 0 Å². The van der Waals surface area contributed by atoms with E-state index in [0.717, 1.165) is 36.6 Å². The smallest absolute Gasteiger partial charge is 0.251 e. The molecule has 3 aliphatic heterocycles. The predicted octanol–water partition coefficient (Wildman–Crippen LogP) is 4.99. The van der Waals surface area contributed by atoms with Crippen molar-refractivity contribution in [3.05, 3.63) is 79.9 Å². The lowest BCUT2D eigenvalue weighted by atomic mass is 9.65. The van der Waals surface area contributed by atoms with Crippen LogP contribution < -0.4 is 14.7 Å². The summed E-state index contributed by atoms with van der Waals surface area (Å²) in [5.74, 6) is -1.82. The van der Waals surface area contributed by atoms with E-state index >= 15 is 0 Å². The van der Waals surface area contributed by atoms with Crippen LogP contribution in [-0.2, 0) is 14.4 Å². The molecule has 3 fully saturated rings. The van der Waals surface area contributed by atoms with Crippen LogP contribution >= 0.6 is 11.8 Å². The van der Waals surface area contributed by atoms with Crippen LogP contribution in [0.3, 0.4) is 0 Å². The number of thioether (sulfide) groups is 1. The lowest BCUT2D eigenvalue weighted by molar-refractivity contribution is -0.141. The van der Waals surface area contributed by atoms with Gasteiger partial charge in [0.15, 0.2) is 0 Å². The van der Waals surface area contributed by atoms with Crippen molar-refractivity contribution in [2.75, 3.05) is 47.5 Å². The van der Waals surface area contributed by atoms with Gasteiger partial charge in [-0.3, -0.25) is 14.4 Å². The van der Waals surface area contributed by atoms with Crippen LogP contribution in [-0.4, -0.2) is 82.6 Å². The van der Waals surface area contributed by atoms with Crippen molar-refractivity contribution in [2.45, 2.75) is 56.2 Å². The van der Waals surface area contributed by atoms with Gasteiger partial charge in [-0.05, 0) is 69.5 Å². The molecule has 240 valence electrons. The number of hydrogen-bond donors (Lipinski definition) is 1. The van der Waals surface area contributed by atoms with E-state index in [1.807, 2.05) is 54.6 Å². The maximum Gasteiger partial charge on any atom is 0.251 e. The second-order valence-electron chi connectivity index (χ2n) is 12.3. The zero-order chi connectivity index (χ0) is 32.5. The number of anilines is 3. The standard InChI is InChI=1S/C36H46N4O4S/c1-7-20-38(27-14-12-11-13-15-27)33(42)30-29-22-24(5)36(45-29)31(30)34(43)40(25(6)23-41)32(36)35(44)39(21-8-2)28-18-16-26(17-19-28)37(9-3)10-4/h7-8,11-19,24-25,29-32,41H,1-2,9-10,20-23H2,3-6H3/t24?,25-,29+,30-,31+,32?,36?/m1/s1. The molecule has 3 saturated heterocycles. The first kappa shape index (κ1) is 32.8. The molecule has 0 aromatic heterocycles. The first-order valence-corrected chi connectivity index (χ1v) is 16.9. The van der Waals surface area contributed by atoms with Gasteiger partial charge in [0.05, 0.1) is 29.2 Å². The van der Waals surface area contributed by atoms with Crippen molar-refractivity contribution in [1.82, 2.24) is 4.90 Å². The highest BCUT2D eigenvalue weighted by atomic mass is 32.2. The molecule has 8 nitrogen and oxygen atoms in total. The summed E-state index contributed by atoms with van der Waals surface area (Å²) >= 11 is 1.64. The molecule has 1 N–H and O–H groups in total. The first-order chi connectivity index (χ1) is 21.7. The Morgan fingerprint density at radius 1 is 0.978 bits per heavy atom. The molecule has 5 rings (SSSR count). The van der Waals surface area contributed by atoms with Gasteiger partial charge < -0.3 is 24.7 Å². The summed E-state index contributed by atoms with van der Waals surface area (Å²) < 4.78 is -0.806. The molecule has 2 bridgehead atoms. The van der Waals surface area contributed by atoms with Crippen LogP contribution in [0.5, 0.6) is 0 Å². The van der Waals surface area contributed by atoms with Gasteiger partial charge in [0.2, 0.25) is 11.8 Å². The Kier molecular flexibility index (Phi) is 9.80. The summed E-state index contributed by atoms with van der Waals surface area (Å²) in [6.07, 6.45) is 4.13. The van der Waals surface area contributed by atoms with Crippen LogP contribution in [0.15, 0.2) is 79.9 Å². The van der Waals surface area contributed by atoms with E-state index in [2.05, 4.69) is 38.8 Å². The van der Waals surface area contributed by atoms with Crippen LogP contribution in [0.25, 0.3) is 0 Å². The van der Waals surface area contributed by atoms with E-state index in [-0.39, 0.29) is 42.0 Å². The normalized spacial score (nSPS) is 27.2. The number of carbonyl (C=O) groups excluding carboxylic acids is 3. The van der Waals surface area contributed by atoms with Crippen molar-refractivity contribution < 1.29 is 19.5 Å². The number of para-hydroxylation sites is 1. The second kappa shape index (κ2) is 13.4. The van der Waals surface area contributed by atoms with E-state index in [9.17, 15) is 19.5 Å². The van der Waals surface area contributed by atoms with Crippen LogP contribution in [0.4, 0.5) is 17.1 Å². The highest BCUT2D eigenvalue weighted by Gasteiger charge is 2.76. The molecule has 2 aromatic rings. The average molecular weight is 631 g/mol. The summed E-state index contributed by atoms with van der Waals surface area (Å²) in [5.41, 5.74) is 2.54. The number of aliphatic hydroxyl groups excluding tert-OH is 1. The van der Waals surface area contributed by atoms with Crippen LogP contribution in [0.1, 0.15) is 34.1 Å². The van der Waals surface area contributed by atoms with Gasteiger partial charge in [-0.2, -0.15) is 0 Å². The Morgan fingerprint density at radius 3 is 2.09 bits per heavy atom. The summed E-state index contributed by atoms with van der Waals surface area (Å²) in [6, 6.07) is 16.0. The molecule has 0 radical (unpaired) electrons. The fourth-order valence-corrected chi connectivity index (χ4v) is 10.2. The SMILES string of the molecule is C=CCN(C(=O)C1N([C@H](C)CO)C(=O)[C@@H]2[C@H](C(=O)N(CC=C)c3ccccc3)[C@@H]3CC(C)C12S3)c1ccc(N(CC)CC)cc1. The molecule has 7 atom stereocenters. The van der Waals surface area contributed by atoms with E-state index < -0.39 is 28.7 Å². The number of carbonyl (C=O) groups is 3. The van der Waals surface area contributed by atoms with Crippen LogP contribution in [0.2, 0.25) is 0 Å². The van der Waals surface area contributed by atoms with Gasteiger partial charge >= 0.3 is 0 Å². The van der Waals surface area contributed by atoms with E-state index in [4.69, 9.17) is 0 Å². The van der Waals surface area contributed by atoms with Crippen molar-refractivity contribution in [2.24, 2.45) is 17.8 Å². The molecule has 3 amide bonds. The number of amides is 3. The van der Waals surface area contributed by atoms with E-state index in [1.54, 1.807) is 45.5 Å². The average Bonchev–Trinajstić information content (AvgIpc) is 3.66. The Bertz CT molecular complexity index is 1410. The minimum atomic E-state index is -0.841. The van der Waals surface area contributed by atoms with Crippen LogP contribution in [0, 0.1) is 17.8 Å².